The van der Waals surface area contributed by atoms with E-state index in [2.05, 4.69) is 39.8 Å². The first-order valence-corrected chi connectivity index (χ1v) is 10.3. The third-order valence-corrected chi connectivity index (χ3v) is 5.16. The highest BCUT2D eigenvalue weighted by Crippen LogP contribution is 2.21. The molecule has 0 aliphatic rings. The average molecular weight is 430 g/mol. The Balaban J connectivity index is 1.62. The molecule has 6 nitrogen and oxygen atoms in total. The largest absolute Gasteiger partial charge is 0.351 e. The van der Waals surface area contributed by atoms with Crippen molar-refractivity contribution < 1.29 is 9.18 Å². The van der Waals surface area contributed by atoms with Crippen molar-refractivity contribution >= 4 is 17.5 Å². The van der Waals surface area contributed by atoms with E-state index in [9.17, 15) is 9.18 Å². The number of carbonyl (C=O) groups is 1. The molecule has 158 valence electrons. The highest BCUT2D eigenvalue weighted by Gasteiger charge is 2.29. The number of nitrogens with zero attached hydrogens (tertiary/aromatic N) is 4. The Bertz CT molecular complexity index is 1020. The fourth-order valence-electron chi connectivity index (χ4n) is 3.04. The van der Waals surface area contributed by atoms with Crippen LogP contribution in [0, 0.1) is 11.2 Å². The second-order valence-corrected chi connectivity index (χ2v) is 8.30. The van der Waals surface area contributed by atoms with Gasteiger partial charge in [-0.1, -0.05) is 55.3 Å². The van der Waals surface area contributed by atoms with Crippen LogP contribution in [0.1, 0.15) is 38.3 Å². The summed E-state index contributed by atoms with van der Waals surface area (Å²) in [7, 11) is 0. The van der Waals surface area contributed by atoms with Crippen LogP contribution in [-0.4, -0.2) is 26.1 Å². The molecule has 0 bridgehead atoms. The average Bonchev–Trinajstić information content (AvgIpc) is 3.15. The highest BCUT2D eigenvalue weighted by atomic mass is 35.5. The van der Waals surface area contributed by atoms with Gasteiger partial charge in [-0.3, -0.25) is 4.79 Å². The van der Waals surface area contributed by atoms with E-state index in [1.54, 1.807) is 19.9 Å². The Kier molecular flexibility index (Phi) is 6.82. The first-order valence-electron chi connectivity index (χ1n) is 9.88. The van der Waals surface area contributed by atoms with Gasteiger partial charge in [-0.2, -0.15) is 4.80 Å². The summed E-state index contributed by atoms with van der Waals surface area (Å²) < 4.78 is 13.2. The van der Waals surface area contributed by atoms with Crippen LogP contribution in [0.3, 0.4) is 0 Å². The minimum atomic E-state index is -0.782. The van der Waals surface area contributed by atoms with Crippen LogP contribution in [0.5, 0.6) is 0 Å². The van der Waals surface area contributed by atoms with Gasteiger partial charge in [-0.15, -0.1) is 10.2 Å². The molecular formula is C22H25ClFN5O. The standard InChI is InChI=1S/C22H25ClFN5O/c1-4-5-15-6-8-16(9-7-15)20-26-28-29(27-20)14-22(2,3)21(30)25-13-17-10-11-18(24)12-19(17)23/h6-12H,4-5,13-14H2,1-3H3,(H,25,30). The van der Waals surface area contributed by atoms with Gasteiger partial charge in [0.15, 0.2) is 0 Å². The van der Waals surface area contributed by atoms with Gasteiger partial charge in [0.05, 0.1) is 12.0 Å². The van der Waals surface area contributed by atoms with Crippen molar-refractivity contribution in [3.8, 4) is 11.4 Å². The number of aromatic nitrogens is 4. The molecule has 0 radical (unpaired) electrons. The lowest BCUT2D eigenvalue weighted by atomic mass is 9.92. The maximum absolute atomic E-state index is 13.2. The van der Waals surface area contributed by atoms with E-state index in [1.165, 1.54) is 22.5 Å². The van der Waals surface area contributed by atoms with E-state index in [-0.39, 0.29) is 24.0 Å². The molecule has 0 spiro atoms. The quantitative estimate of drug-likeness (QED) is 0.575. The Morgan fingerprint density at radius 2 is 1.93 bits per heavy atom. The number of tetrazole rings is 1. The molecule has 1 amide bonds. The monoisotopic (exact) mass is 429 g/mol. The van der Waals surface area contributed by atoms with Gasteiger partial charge in [0.25, 0.3) is 0 Å². The zero-order valence-corrected chi connectivity index (χ0v) is 18.1. The third kappa shape index (κ3) is 5.42. The lowest BCUT2D eigenvalue weighted by Crippen LogP contribution is -2.39. The smallest absolute Gasteiger partial charge is 0.227 e. The number of rotatable bonds is 8. The molecule has 3 rings (SSSR count). The minimum Gasteiger partial charge on any atom is -0.351 e. The molecule has 3 aromatic rings. The molecule has 0 unspecified atom stereocenters. The predicted octanol–water partition coefficient (Wildman–Crippen LogP) is 4.43. The van der Waals surface area contributed by atoms with Gasteiger partial charge in [-0.25, -0.2) is 4.39 Å². The topological polar surface area (TPSA) is 72.7 Å². The number of amides is 1. The molecule has 8 heteroatoms. The van der Waals surface area contributed by atoms with Crippen molar-refractivity contribution in [3.05, 3.63) is 64.4 Å². The number of halogens is 2. The summed E-state index contributed by atoms with van der Waals surface area (Å²) in [6.07, 6.45) is 2.13. The van der Waals surface area contributed by atoms with Crippen LogP contribution in [0.15, 0.2) is 42.5 Å². The van der Waals surface area contributed by atoms with Crippen LogP contribution >= 0.6 is 11.6 Å². The van der Waals surface area contributed by atoms with E-state index in [4.69, 9.17) is 11.6 Å². The Morgan fingerprint density at radius 1 is 1.20 bits per heavy atom. The first-order chi connectivity index (χ1) is 14.3. The summed E-state index contributed by atoms with van der Waals surface area (Å²) in [6.45, 7) is 6.22. The molecule has 0 fully saturated rings. The van der Waals surface area contributed by atoms with Gasteiger partial charge in [0.1, 0.15) is 5.82 Å². The molecule has 1 N–H and O–H groups in total. The van der Waals surface area contributed by atoms with E-state index >= 15 is 0 Å². The summed E-state index contributed by atoms with van der Waals surface area (Å²) in [5.41, 5.74) is 2.02. The molecule has 30 heavy (non-hydrogen) atoms. The second-order valence-electron chi connectivity index (χ2n) is 7.89. The zero-order chi connectivity index (χ0) is 21.7. The van der Waals surface area contributed by atoms with E-state index in [0.29, 0.717) is 11.4 Å². The number of benzene rings is 2. The fourth-order valence-corrected chi connectivity index (χ4v) is 3.27. The second kappa shape index (κ2) is 9.34. The summed E-state index contributed by atoms with van der Waals surface area (Å²) in [5.74, 6) is -0.0820. The SMILES string of the molecule is CCCc1ccc(-c2nnn(CC(C)(C)C(=O)NCc3ccc(F)cc3Cl)n2)cc1. The third-order valence-electron chi connectivity index (χ3n) is 4.81. The van der Waals surface area contributed by atoms with Crippen molar-refractivity contribution in [2.75, 3.05) is 0 Å². The molecule has 0 saturated carbocycles. The van der Waals surface area contributed by atoms with E-state index < -0.39 is 11.2 Å². The Labute approximate surface area is 180 Å². The molecular weight excluding hydrogens is 405 g/mol. The van der Waals surface area contributed by atoms with Crippen molar-refractivity contribution in [3.63, 3.8) is 0 Å². The molecule has 1 aromatic heterocycles. The lowest BCUT2D eigenvalue weighted by Gasteiger charge is -2.22. The van der Waals surface area contributed by atoms with Crippen LogP contribution in [0.4, 0.5) is 4.39 Å². The highest BCUT2D eigenvalue weighted by molar-refractivity contribution is 6.31. The Hall–Kier alpha value is -2.80. The number of carbonyl (C=O) groups excluding carboxylic acids is 1. The number of hydrogen-bond acceptors (Lipinski definition) is 4. The summed E-state index contributed by atoms with van der Waals surface area (Å²) in [6, 6.07) is 12.2. The van der Waals surface area contributed by atoms with Crippen molar-refractivity contribution in [1.82, 2.24) is 25.5 Å². The van der Waals surface area contributed by atoms with Crippen molar-refractivity contribution in [2.24, 2.45) is 5.41 Å². The van der Waals surface area contributed by atoms with Crippen molar-refractivity contribution in [2.45, 2.75) is 46.7 Å². The Morgan fingerprint density at radius 3 is 2.60 bits per heavy atom. The van der Waals surface area contributed by atoms with E-state index in [0.717, 1.165) is 18.4 Å². The summed E-state index contributed by atoms with van der Waals surface area (Å²) in [4.78, 5) is 14.1. The molecule has 0 aliphatic heterocycles. The molecule has 0 aliphatic carbocycles. The molecule has 2 aromatic carbocycles. The maximum atomic E-state index is 13.2. The van der Waals surface area contributed by atoms with Crippen LogP contribution in [0.25, 0.3) is 11.4 Å². The fraction of sp³-hybridized carbons (Fsp3) is 0.364. The van der Waals surface area contributed by atoms with Gasteiger partial charge >= 0.3 is 0 Å². The molecule has 0 saturated heterocycles. The van der Waals surface area contributed by atoms with Gasteiger partial charge in [0, 0.05) is 17.1 Å². The van der Waals surface area contributed by atoms with Crippen LogP contribution in [0.2, 0.25) is 5.02 Å². The molecule has 1 heterocycles. The first kappa shape index (κ1) is 21.9. The number of hydrogen-bond donors (Lipinski definition) is 1. The van der Waals surface area contributed by atoms with Crippen molar-refractivity contribution in [1.29, 1.82) is 0 Å². The van der Waals surface area contributed by atoms with Crippen LogP contribution < -0.4 is 5.32 Å². The normalized spacial score (nSPS) is 11.5. The van der Waals surface area contributed by atoms with E-state index in [1.807, 2.05) is 12.1 Å². The number of nitrogens with one attached hydrogen (secondary N) is 1. The summed E-state index contributed by atoms with van der Waals surface area (Å²) >= 11 is 6.02. The van der Waals surface area contributed by atoms with Gasteiger partial charge < -0.3 is 5.32 Å². The maximum Gasteiger partial charge on any atom is 0.227 e. The van der Waals surface area contributed by atoms with Crippen LogP contribution in [-0.2, 0) is 24.3 Å². The van der Waals surface area contributed by atoms with Gasteiger partial charge in [-0.05, 0) is 48.7 Å². The lowest BCUT2D eigenvalue weighted by molar-refractivity contribution is -0.130. The zero-order valence-electron chi connectivity index (χ0n) is 17.3. The number of aryl methyl sites for hydroxylation is 1. The predicted molar refractivity (Wildman–Crippen MR) is 114 cm³/mol. The minimum absolute atomic E-state index is 0.189. The summed E-state index contributed by atoms with van der Waals surface area (Å²) in [5, 5.41) is 15.7. The molecule has 0 atom stereocenters. The van der Waals surface area contributed by atoms with Gasteiger partial charge in [0.2, 0.25) is 11.7 Å².